The molecule has 0 saturated heterocycles. The molecule has 0 atom stereocenters. The van der Waals surface area contributed by atoms with E-state index in [1.165, 1.54) is 0 Å². The third kappa shape index (κ3) is 28.9. The van der Waals surface area contributed by atoms with Gasteiger partial charge < -0.3 is 41.2 Å². The average Bonchev–Trinajstić information content (AvgIpc) is 2.73. The molecule has 337 valence electrons. The number of hydrogen-bond donors (Lipinski definition) is 0. The van der Waals surface area contributed by atoms with Crippen LogP contribution in [0, 0.1) is 0 Å². The van der Waals surface area contributed by atoms with Crippen LogP contribution >= 0.6 is 0 Å². The summed E-state index contributed by atoms with van der Waals surface area (Å²) >= 11 is 0. The third-order valence-corrected chi connectivity index (χ3v) is 46.6. The lowest BCUT2D eigenvalue weighted by molar-refractivity contribution is 0.147. The van der Waals surface area contributed by atoms with E-state index < -0.39 is 111 Å². The minimum atomic E-state index is -3.62. The monoisotopic (exact) mass is 1010 g/mol. The highest BCUT2D eigenvalue weighted by Gasteiger charge is 2.58. The summed E-state index contributed by atoms with van der Waals surface area (Å²) < 4.78 is 71.1. The zero-order valence-corrected chi connectivity index (χ0v) is 54.8. The van der Waals surface area contributed by atoms with Crippen molar-refractivity contribution in [3.8, 4) is 0 Å². The quantitative estimate of drug-likeness (QED) is 0.0706. The molecule has 0 aliphatic carbocycles. The average molecular weight is 1020 g/mol. The van der Waals surface area contributed by atoms with E-state index in [-0.39, 0.29) is 0 Å². The van der Waals surface area contributed by atoms with E-state index in [1.54, 1.807) is 0 Å². The number of rotatable bonds is 28. The molecule has 56 heavy (non-hydrogen) atoms. The van der Waals surface area contributed by atoms with Gasteiger partial charge in [0.2, 0.25) is 0 Å². The summed E-state index contributed by atoms with van der Waals surface area (Å²) in [4.78, 5) is 0. The molecule has 1 radical (unpaired) electrons. The van der Waals surface area contributed by atoms with E-state index >= 15 is 0 Å². The zero-order chi connectivity index (χ0) is 44.9. The predicted octanol–water partition coefficient (Wildman–Crippen LogP) is 12.8. The van der Waals surface area contributed by atoms with E-state index in [0.29, 0.717) is 0 Å². The van der Waals surface area contributed by atoms with Crippen LogP contribution in [0.5, 0.6) is 0 Å². The first kappa shape index (κ1) is 58.4. The van der Waals surface area contributed by atoms with E-state index in [0.717, 1.165) is 37.0 Å². The Morgan fingerprint density at radius 2 is 0.518 bits per heavy atom. The van der Waals surface area contributed by atoms with Gasteiger partial charge in [0.25, 0.3) is 0 Å². The molecule has 0 rings (SSSR count). The van der Waals surface area contributed by atoms with Gasteiger partial charge in [-0.15, -0.1) is 0 Å². The SMILES string of the molecule is C[Si](C)O[Si](CCC[Si](C)(C)O[Si](O[Si](C)(C)C)(O[Si](C)(C)C)O[Si](C)(C)CCC[Si](O[Si](C)(C)C)(O[Si](C)(C)C)O[Si](C)(C)C)(O[Si](C)(C)C)O[Si](C)(C)C. The molecule has 0 spiro atoms. The maximum atomic E-state index is 7.45. The Labute approximate surface area is 363 Å². The summed E-state index contributed by atoms with van der Waals surface area (Å²) in [5, 5.41) is 0. The van der Waals surface area contributed by atoms with Crippen molar-refractivity contribution in [3.05, 3.63) is 0 Å². The molecule has 10 nitrogen and oxygen atoms in total. The zero-order valence-electron chi connectivity index (χ0n) is 41.8. The lowest BCUT2D eigenvalue weighted by Gasteiger charge is -2.45. The Morgan fingerprint density at radius 3 is 0.750 bits per heavy atom. The van der Waals surface area contributed by atoms with Crippen LogP contribution < -0.4 is 0 Å². The smallest absolute Gasteiger partial charge is 0.417 e. The molecule has 0 aromatic rings. The standard InChI is InChI=1S/C33H93O10Si13/c1-44(2)34-54(35-45(3,4)5,36-46(6,7)8)32-28-30-52(24,25)42-56(40-50(18,19)20,41-51(21,22)23)43-53(26,27)31-29-33-55(37-47(9,10)11,38-48(12,13)14)39-49(15,16)17/h28-33H2,1-27H3. The lowest BCUT2D eigenvalue weighted by atomic mass is 10.6. The van der Waals surface area contributed by atoms with Gasteiger partial charge in [0, 0.05) is 12.1 Å². The molecule has 0 amide bonds. The normalized spacial score (nSPS) is 15.6. The van der Waals surface area contributed by atoms with E-state index in [4.69, 9.17) is 41.2 Å². The van der Waals surface area contributed by atoms with E-state index in [1.807, 2.05) is 0 Å². The van der Waals surface area contributed by atoms with E-state index in [9.17, 15) is 0 Å². The minimum Gasteiger partial charge on any atom is -0.417 e. The van der Waals surface area contributed by atoms with Crippen LogP contribution in [-0.2, 0) is 41.2 Å². The van der Waals surface area contributed by atoms with Gasteiger partial charge in [-0.25, -0.2) is 0 Å². The highest BCUT2D eigenvalue weighted by Crippen LogP contribution is 2.37. The summed E-state index contributed by atoms with van der Waals surface area (Å²) in [5.74, 6) is 0. The van der Waals surface area contributed by atoms with Crippen molar-refractivity contribution in [1.82, 2.24) is 0 Å². The number of hydrogen-bond acceptors (Lipinski definition) is 10. The van der Waals surface area contributed by atoms with Crippen LogP contribution in [0.1, 0.15) is 12.8 Å². The van der Waals surface area contributed by atoms with Crippen molar-refractivity contribution in [2.75, 3.05) is 0 Å². The van der Waals surface area contributed by atoms with Crippen molar-refractivity contribution in [3.63, 3.8) is 0 Å². The second kappa shape index (κ2) is 20.9. The first-order chi connectivity index (χ1) is 24.2. The van der Waals surface area contributed by atoms with Crippen LogP contribution in [-0.4, -0.2) is 111 Å². The van der Waals surface area contributed by atoms with Crippen molar-refractivity contribution >= 4 is 111 Å². The highest BCUT2D eigenvalue weighted by atomic mass is 28.5. The first-order valence-electron chi connectivity index (χ1n) is 21.0. The van der Waals surface area contributed by atoms with Crippen molar-refractivity contribution in [1.29, 1.82) is 0 Å². The lowest BCUT2D eigenvalue weighted by Crippen LogP contribution is -2.66. The molecule has 0 heterocycles. The van der Waals surface area contributed by atoms with Crippen molar-refractivity contribution in [2.24, 2.45) is 0 Å². The Kier molecular flexibility index (Phi) is 21.8. The summed E-state index contributed by atoms with van der Waals surface area (Å²) in [7, 11) is -29.7. The molecule has 0 aliphatic rings. The third-order valence-electron chi connectivity index (χ3n) is 6.86. The van der Waals surface area contributed by atoms with Gasteiger partial charge in [0.1, 0.15) is 0 Å². The molecule has 0 aromatic heterocycles. The molecule has 0 bridgehead atoms. The van der Waals surface area contributed by atoms with Crippen LogP contribution in [0.2, 0.25) is 201 Å². The second-order valence-corrected chi connectivity index (χ2v) is 76.1. The van der Waals surface area contributed by atoms with Crippen molar-refractivity contribution in [2.45, 2.75) is 214 Å². The van der Waals surface area contributed by atoms with Crippen molar-refractivity contribution < 1.29 is 41.2 Å². The molecular weight excluding hydrogens is 921 g/mol. The van der Waals surface area contributed by atoms with Gasteiger partial charge in [-0.3, -0.25) is 0 Å². The first-order valence-corrected chi connectivity index (χ1v) is 59.0. The molecule has 0 unspecified atom stereocenters. The van der Waals surface area contributed by atoms with Gasteiger partial charge >= 0.3 is 26.7 Å². The molecule has 0 fully saturated rings. The Bertz CT molecular complexity index is 1110. The maximum absolute atomic E-state index is 7.45. The Hall–Kier alpha value is 2.42. The van der Waals surface area contributed by atoms with Crippen LogP contribution in [0.25, 0.3) is 0 Å². The van der Waals surface area contributed by atoms with Gasteiger partial charge in [0.05, 0.1) is 0 Å². The molecule has 0 aliphatic heterocycles. The largest absolute Gasteiger partial charge is 0.636 e. The fraction of sp³-hybridized carbons (Fsp3) is 1.00. The van der Waals surface area contributed by atoms with Gasteiger partial charge in [-0.05, 0) is 202 Å². The minimum absolute atomic E-state index is 0.788. The Morgan fingerprint density at radius 1 is 0.286 bits per heavy atom. The summed E-state index contributed by atoms with van der Waals surface area (Å²) in [6, 6.07) is 3.38. The van der Waals surface area contributed by atoms with Gasteiger partial charge in [-0.1, -0.05) is 0 Å². The topological polar surface area (TPSA) is 92.3 Å². The Balaban J connectivity index is 6.82. The fourth-order valence-electron chi connectivity index (χ4n) is 6.19. The summed E-state index contributed by atoms with van der Waals surface area (Å²) in [6.45, 7) is 60.7. The van der Waals surface area contributed by atoms with Crippen LogP contribution in [0.4, 0.5) is 0 Å². The molecule has 23 heteroatoms. The summed E-state index contributed by atoms with van der Waals surface area (Å²) in [5.41, 5.74) is 0. The molecule has 0 saturated carbocycles. The van der Waals surface area contributed by atoms with E-state index in [2.05, 4.69) is 177 Å². The maximum Gasteiger partial charge on any atom is 0.636 e. The van der Waals surface area contributed by atoms with Crippen LogP contribution in [0.3, 0.4) is 0 Å². The predicted molar refractivity (Wildman–Crippen MR) is 272 cm³/mol. The summed E-state index contributed by atoms with van der Waals surface area (Å²) in [6.07, 6.45) is 1.80. The van der Waals surface area contributed by atoms with Crippen LogP contribution in [0.15, 0.2) is 0 Å². The van der Waals surface area contributed by atoms with Gasteiger partial charge in [0.15, 0.2) is 83.9 Å². The van der Waals surface area contributed by atoms with Gasteiger partial charge in [-0.2, -0.15) is 0 Å². The fourth-order valence-corrected chi connectivity index (χ4v) is 52.5. The molecule has 0 aromatic carbocycles. The second-order valence-electron chi connectivity index (χ2n) is 23.8. The molecule has 0 N–H and O–H groups in total. The highest BCUT2D eigenvalue weighted by molar-refractivity contribution is 6.93. The molecular formula is C33H93O10Si13.